The second-order valence-corrected chi connectivity index (χ2v) is 4.61. The third kappa shape index (κ3) is 1.44. The minimum Gasteiger partial charge on any atom is -0.288 e. The Bertz CT molecular complexity index is 317. The van der Waals surface area contributed by atoms with Gasteiger partial charge in [-0.05, 0) is 30.9 Å². The highest BCUT2D eigenvalue weighted by atomic mass is 35.5. The first kappa shape index (κ1) is 9.29. The van der Waals surface area contributed by atoms with Crippen LogP contribution in [0.5, 0.6) is 0 Å². The van der Waals surface area contributed by atoms with Gasteiger partial charge in [-0.15, -0.1) is 11.6 Å². The molecular formula is C10H10Cl2O. The molecule has 0 radical (unpaired) electrons. The van der Waals surface area contributed by atoms with Gasteiger partial charge in [0.05, 0.1) is 9.91 Å². The molecule has 2 rings (SSSR count). The number of halogens is 2. The van der Waals surface area contributed by atoms with Crippen LogP contribution in [-0.2, 0) is 4.79 Å². The molecule has 2 aliphatic carbocycles. The number of allylic oxidation sites excluding steroid dienone is 4. The maximum atomic E-state index is 11.3. The number of fused-ring (bicyclic) bond motifs is 1. The molecule has 0 aliphatic heterocycles. The maximum Gasteiger partial charge on any atom is 0.196 e. The van der Waals surface area contributed by atoms with E-state index >= 15 is 0 Å². The van der Waals surface area contributed by atoms with Gasteiger partial charge in [0, 0.05) is 0 Å². The van der Waals surface area contributed by atoms with Gasteiger partial charge in [0.2, 0.25) is 0 Å². The molecule has 0 aromatic rings. The summed E-state index contributed by atoms with van der Waals surface area (Å²) in [6.45, 7) is 0. The first-order chi connectivity index (χ1) is 6.13. The molecular weight excluding hydrogens is 207 g/mol. The van der Waals surface area contributed by atoms with Gasteiger partial charge in [-0.25, -0.2) is 0 Å². The number of carbonyl (C=O) groups is 1. The average molecular weight is 217 g/mol. The number of alkyl halides is 1. The van der Waals surface area contributed by atoms with E-state index in [4.69, 9.17) is 23.2 Å². The standard InChI is InChI=1S/C10H10Cl2O/c11-9-7-3-1-2-5-10(7,12)6-4-8(9)13/h4,6H,1-3,5H2. The van der Waals surface area contributed by atoms with E-state index in [0.29, 0.717) is 5.03 Å². The largest absolute Gasteiger partial charge is 0.288 e. The monoisotopic (exact) mass is 216 g/mol. The normalized spacial score (nSPS) is 33.5. The van der Waals surface area contributed by atoms with Crippen LogP contribution in [0.25, 0.3) is 0 Å². The van der Waals surface area contributed by atoms with E-state index < -0.39 is 4.87 Å². The van der Waals surface area contributed by atoms with Gasteiger partial charge in [-0.1, -0.05) is 24.1 Å². The Morgan fingerprint density at radius 2 is 2.15 bits per heavy atom. The van der Waals surface area contributed by atoms with Crippen LogP contribution >= 0.6 is 23.2 Å². The van der Waals surface area contributed by atoms with Gasteiger partial charge in [-0.2, -0.15) is 0 Å². The van der Waals surface area contributed by atoms with E-state index in [-0.39, 0.29) is 5.78 Å². The summed E-state index contributed by atoms with van der Waals surface area (Å²) in [5, 5.41) is 0.345. The van der Waals surface area contributed by atoms with Crippen molar-refractivity contribution in [2.24, 2.45) is 0 Å². The molecule has 0 heterocycles. The molecule has 0 spiro atoms. The van der Waals surface area contributed by atoms with Crippen molar-refractivity contribution in [2.75, 3.05) is 0 Å². The van der Waals surface area contributed by atoms with Crippen molar-refractivity contribution in [2.45, 2.75) is 30.6 Å². The molecule has 1 atom stereocenters. The Morgan fingerprint density at radius 3 is 2.92 bits per heavy atom. The lowest BCUT2D eigenvalue weighted by Crippen LogP contribution is -2.30. The molecule has 0 aromatic heterocycles. The van der Waals surface area contributed by atoms with Crippen LogP contribution in [-0.4, -0.2) is 10.7 Å². The van der Waals surface area contributed by atoms with E-state index in [1.807, 2.05) is 0 Å². The molecule has 13 heavy (non-hydrogen) atoms. The van der Waals surface area contributed by atoms with Gasteiger partial charge in [0.15, 0.2) is 5.78 Å². The summed E-state index contributed by atoms with van der Waals surface area (Å²) in [7, 11) is 0. The van der Waals surface area contributed by atoms with Crippen molar-refractivity contribution in [1.29, 1.82) is 0 Å². The van der Waals surface area contributed by atoms with Gasteiger partial charge < -0.3 is 0 Å². The Balaban J connectivity index is 2.45. The Labute approximate surface area is 87.4 Å². The summed E-state index contributed by atoms with van der Waals surface area (Å²) < 4.78 is 0. The first-order valence-corrected chi connectivity index (χ1v) is 5.21. The predicted octanol–water partition coefficient (Wildman–Crippen LogP) is 3.17. The summed E-state index contributed by atoms with van der Waals surface area (Å²) in [6.07, 6.45) is 7.22. The minimum atomic E-state index is -0.455. The number of rotatable bonds is 0. The van der Waals surface area contributed by atoms with Crippen LogP contribution in [0.15, 0.2) is 22.8 Å². The van der Waals surface area contributed by atoms with Crippen molar-refractivity contribution in [3.05, 3.63) is 22.8 Å². The number of ketones is 1. The highest BCUT2D eigenvalue weighted by molar-refractivity contribution is 6.46. The summed E-state index contributed by atoms with van der Waals surface area (Å²) >= 11 is 12.3. The molecule has 0 aromatic carbocycles. The molecule has 2 aliphatic rings. The molecule has 1 unspecified atom stereocenters. The van der Waals surface area contributed by atoms with Gasteiger partial charge in [0.1, 0.15) is 0 Å². The average Bonchev–Trinajstić information content (AvgIpc) is 2.12. The minimum absolute atomic E-state index is 0.102. The molecule has 1 fully saturated rings. The van der Waals surface area contributed by atoms with Gasteiger partial charge >= 0.3 is 0 Å². The summed E-state index contributed by atoms with van der Waals surface area (Å²) in [5.74, 6) is -0.102. The van der Waals surface area contributed by atoms with Gasteiger partial charge in [-0.3, -0.25) is 4.79 Å². The van der Waals surface area contributed by atoms with Crippen LogP contribution in [0.4, 0.5) is 0 Å². The van der Waals surface area contributed by atoms with Crippen molar-refractivity contribution < 1.29 is 4.79 Å². The predicted molar refractivity (Wildman–Crippen MR) is 54.1 cm³/mol. The van der Waals surface area contributed by atoms with Crippen molar-refractivity contribution in [3.63, 3.8) is 0 Å². The molecule has 3 heteroatoms. The Hall–Kier alpha value is -0.270. The molecule has 0 N–H and O–H groups in total. The van der Waals surface area contributed by atoms with Crippen LogP contribution in [0.3, 0.4) is 0 Å². The summed E-state index contributed by atoms with van der Waals surface area (Å²) in [4.78, 5) is 10.8. The summed E-state index contributed by atoms with van der Waals surface area (Å²) in [6, 6.07) is 0. The van der Waals surface area contributed by atoms with Crippen LogP contribution in [0.2, 0.25) is 0 Å². The fraction of sp³-hybridized carbons (Fsp3) is 0.500. The zero-order chi connectivity index (χ0) is 9.47. The van der Waals surface area contributed by atoms with Crippen LogP contribution in [0, 0.1) is 0 Å². The third-order valence-corrected chi connectivity index (χ3v) is 3.66. The van der Waals surface area contributed by atoms with Crippen molar-refractivity contribution >= 4 is 29.0 Å². The molecule has 0 bridgehead atoms. The molecule has 1 saturated carbocycles. The lowest BCUT2D eigenvalue weighted by molar-refractivity contribution is -0.111. The van der Waals surface area contributed by atoms with E-state index in [0.717, 1.165) is 31.3 Å². The number of hydrogen-bond acceptors (Lipinski definition) is 1. The van der Waals surface area contributed by atoms with E-state index in [1.165, 1.54) is 6.08 Å². The Morgan fingerprint density at radius 1 is 1.38 bits per heavy atom. The zero-order valence-electron chi connectivity index (χ0n) is 7.15. The second-order valence-electron chi connectivity index (χ2n) is 3.56. The number of carbonyl (C=O) groups excluding carboxylic acids is 1. The summed E-state index contributed by atoms with van der Waals surface area (Å²) in [5.41, 5.74) is 0.926. The van der Waals surface area contributed by atoms with E-state index in [2.05, 4.69) is 0 Å². The van der Waals surface area contributed by atoms with E-state index in [1.54, 1.807) is 6.08 Å². The fourth-order valence-electron chi connectivity index (χ4n) is 1.95. The molecule has 1 nitrogen and oxygen atoms in total. The molecule has 70 valence electrons. The van der Waals surface area contributed by atoms with Gasteiger partial charge in [0.25, 0.3) is 0 Å². The third-order valence-electron chi connectivity index (χ3n) is 2.70. The zero-order valence-corrected chi connectivity index (χ0v) is 8.66. The second kappa shape index (κ2) is 3.14. The lowest BCUT2D eigenvalue weighted by atomic mass is 9.80. The van der Waals surface area contributed by atoms with Crippen LogP contribution in [0.1, 0.15) is 25.7 Å². The first-order valence-electron chi connectivity index (χ1n) is 4.45. The van der Waals surface area contributed by atoms with Crippen molar-refractivity contribution in [1.82, 2.24) is 0 Å². The smallest absolute Gasteiger partial charge is 0.196 e. The quantitative estimate of drug-likeness (QED) is 0.569. The highest BCUT2D eigenvalue weighted by Gasteiger charge is 2.37. The lowest BCUT2D eigenvalue weighted by Gasteiger charge is -2.34. The molecule has 0 saturated heterocycles. The maximum absolute atomic E-state index is 11.3. The number of hydrogen-bond donors (Lipinski definition) is 0. The molecule has 0 amide bonds. The Kier molecular flexibility index (Phi) is 2.25. The highest BCUT2D eigenvalue weighted by Crippen LogP contribution is 2.44. The van der Waals surface area contributed by atoms with E-state index in [9.17, 15) is 4.79 Å². The fourth-order valence-corrected chi connectivity index (χ4v) is 2.71. The van der Waals surface area contributed by atoms with Crippen molar-refractivity contribution in [3.8, 4) is 0 Å². The van der Waals surface area contributed by atoms with Crippen LogP contribution < -0.4 is 0 Å². The topological polar surface area (TPSA) is 17.1 Å². The SMILES string of the molecule is O=C1C=CC2(Cl)CCCCC2=C1Cl.